The fourth-order valence-electron chi connectivity index (χ4n) is 10.4. The van der Waals surface area contributed by atoms with E-state index >= 15 is 4.57 Å². The van der Waals surface area contributed by atoms with E-state index in [2.05, 4.69) is 0 Å². The second kappa shape index (κ2) is 32.6. The second-order valence-corrected chi connectivity index (χ2v) is 22.9. The smallest absolute Gasteiger partial charge is 0.395 e. The molecule has 2 heterocycles. The molecular weight excluding hydrogens is 1130 g/mol. The van der Waals surface area contributed by atoms with Crippen LogP contribution in [0.25, 0.3) is 0 Å². The van der Waals surface area contributed by atoms with Gasteiger partial charge >= 0.3 is 7.82 Å². The van der Waals surface area contributed by atoms with Gasteiger partial charge < -0.3 is 56.4 Å². The third kappa shape index (κ3) is 18.2. The summed E-state index contributed by atoms with van der Waals surface area (Å²) >= 11 is 0. The minimum absolute atomic E-state index is 0.0665. The zero-order valence-electron chi connectivity index (χ0n) is 48.8. The van der Waals surface area contributed by atoms with Crippen LogP contribution in [0.5, 0.6) is 11.5 Å². The van der Waals surface area contributed by atoms with Gasteiger partial charge in [0.1, 0.15) is 60.3 Å². The van der Waals surface area contributed by atoms with E-state index in [1.807, 2.05) is 224 Å². The Balaban J connectivity index is 1.01. The lowest BCUT2D eigenvalue weighted by Crippen LogP contribution is -2.66. The normalized spacial score (nSPS) is 22.0. The van der Waals surface area contributed by atoms with E-state index in [0.717, 1.165) is 38.9 Å². The van der Waals surface area contributed by atoms with Crippen LogP contribution in [-0.2, 0) is 103 Å². The van der Waals surface area contributed by atoms with Crippen LogP contribution < -0.4 is 9.05 Å². The largest absolute Gasteiger partial charge is 0.587 e. The van der Waals surface area contributed by atoms with E-state index in [1.54, 1.807) is 48.5 Å². The van der Waals surface area contributed by atoms with Crippen molar-refractivity contribution in [2.24, 2.45) is 0 Å². The molecule has 0 spiro atoms. The van der Waals surface area contributed by atoms with Gasteiger partial charge in [0.2, 0.25) is 0 Å². The van der Waals surface area contributed by atoms with Crippen LogP contribution >= 0.6 is 7.82 Å². The van der Waals surface area contributed by atoms with Crippen molar-refractivity contribution in [2.75, 3.05) is 13.2 Å². The zero-order chi connectivity index (χ0) is 59.8. The molecule has 0 bridgehead atoms. The molecule has 0 aliphatic carbocycles. The van der Waals surface area contributed by atoms with Crippen LogP contribution in [-0.4, -0.2) is 74.6 Å². The number of hydrogen-bond acceptors (Lipinski definition) is 14. The molecule has 0 unspecified atom stereocenters. The lowest BCUT2D eigenvalue weighted by molar-refractivity contribution is -0.394. The highest BCUT2D eigenvalue weighted by molar-refractivity contribution is 7.49. The predicted molar refractivity (Wildman–Crippen MR) is 332 cm³/mol. The molecule has 15 heteroatoms. The van der Waals surface area contributed by atoms with Crippen LogP contribution in [0, 0.1) is 0 Å². The Hall–Kier alpha value is -7.63. The predicted octanol–water partition coefficient (Wildman–Crippen LogP) is 14.5. The van der Waals surface area contributed by atoms with Gasteiger partial charge in [0, 0.05) is 0 Å². The Morgan fingerprint density at radius 3 is 0.841 bits per heavy atom. The van der Waals surface area contributed by atoms with Gasteiger partial charge in [-0.25, -0.2) is 4.57 Å². The lowest BCUT2D eigenvalue weighted by atomic mass is 9.96. The quantitative estimate of drug-likeness (QED) is 0.0381. The van der Waals surface area contributed by atoms with E-state index < -0.39 is 75.8 Å². The van der Waals surface area contributed by atoms with Gasteiger partial charge in [-0.05, 0) is 63.2 Å². The summed E-state index contributed by atoms with van der Waals surface area (Å²) in [5.41, 5.74) is 6.43. The Morgan fingerprint density at radius 2 is 0.534 bits per heavy atom. The maximum atomic E-state index is 15.3. The summed E-state index contributed by atoms with van der Waals surface area (Å²) in [4.78, 5) is 0. The summed E-state index contributed by atoms with van der Waals surface area (Å²) in [7, 11) is -4.54. The van der Waals surface area contributed by atoms with Gasteiger partial charge in [-0.15, -0.1) is 0 Å². The van der Waals surface area contributed by atoms with Crippen molar-refractivity contribution in [1.29, 1.82) is 0 Å². The SMILES string of the molecule is O=P(OC[C@H]1O[C@@H](O[C@@H]2O[C@H](COCc3ccccc3)[C@@H](OCc3ccccc3)[C@H](OCc3ccccc3)[C@H]2OCc2ccccc2)[C@H](OCc2ccccc2)[C@@H](OCc2ccccc2)[C@@H]1OCc1ccccc1)(Oc1ccccc1)Oc1ccccc1. The second-order valence-electron chi connectivity index (χ2n) is 21.3. The molecule has 9 aromatic carbocycles. The van der Waals surface area contributed by atoms with E-state index in [4.69, 9.17) is 60.9 Å². The monoisotopic (exact) mass is 1200 g/mol. The number of hydrogen-bond donors (Lipinski definition) is 0. The third-order valence-corrected chi connectivity index (χ3v) is 16.2. The van der Waals surface area contributed by atoms with Crippen molar-refractivity contribution in [1.82, 2.24) is 0 Å². The topological polar surface area (TPSA) is 137 Å². The fourth-order valence-corrected chi connectivity index (χ4v) is 11.7. The number of benzene rings is 9. The molecule has 0 aromatic heterocycles. The molecule has 454 valence electrons. The molecule has 9 aromatic rings. The van der Waals surface area contributed by atoms with Gasteiger partial charge in [-0.1, -0.05) is 249 Å². The molecule has 0 saturated carbocycles. The Morgan fingerprint density at radius 1 is 0.284 bits per heavy atom. The summed E-state index contributed by atoms with van der Waals surface area (Å²) < 4.78 is 105. The summed E-state index contributed by atoms with van der Waals surface area (Å²) in [5, 5.41) is 0. The average Bonchev–Trinajstić information content (AvgIpc) is 2.55. The molecule has 2 aliphatic heterocycles. The summed E-state index contributed by atoms with van der Waals surface area (Å²) in [6, 6.07) is 86.7. The van der Waals surface area contributed by atoms with Crippen LogP contribution in [0.3, 0.4) is 0 Å². The van der Waals surface area contributed by atoms with Gasteiger partial charge in [-0.3, -0.25) is 4.52 Å². The molecule has 0 amide bonds. The first kappa shape index (κ1) is 62.0. The van der Waals surface area contributed by atoms with Gasteiger partial charge in [0.25, 0.3) is 0 Å². The van der Waals surface area contributed by atoms with Crippen molar-refractivity contribution in [3.63, 3.8) is 0 Å². The first-order chi connectivity index (χ1) is 43.5. The standard InChI is InChI=1S/C73H73O14P/c74-88(86-62-42-24-8-25-43-62,87-63-44-26-9-27-45-63)82-54-65-67(77-48-57-32-14-3-15-33-57)69(79-50-59-36-18-5-19-37-59)71(81-52-61-40-22-7-23-41-61)73(84-65)85-72-70(80-51-60-38-20-6-21-39-60)68(78-49-58-34-16-4-17-35-58)66(76-47-56-30-12-2-13-31-56)64(83-72)53-75-46-55-28-10-1-11-29-55/h1-45,64-73H,46-54H2/t64-,65-,66-,67-,68+,69+,70-,71-,72+,73+/m1/s1. The van der Waals surface area contributed by atoms with Crippen LogP contribution in [0.1, 0.15) is 38.9 Å². The summed E-state index contributed by atoms with van der Waals surface area (Å²) in [6.07, 6.45) is -10.2. The molecule has 2 aliphatic rings. The molecule has 2 fully saturated rings. The minimum Gasteiger partial charge on any atom is -0.395 e. The van der Waals surface area contributed by atoms with Crippen molar-refractivity contribution in [3.05, 3.63) is 312 Å². The van der Waals surface area contributed by atoms with Gasteiger partial charge in [0.15, 0.2) is 12.6 Å². The fraction of sp³-hybridized carbons (Fsp3) is 0.260. The van der Waals surface area contributed by atoms with E-state index in [1.165, 1.54) is 0 Å². The number of ether oxygens (including phenoxy) is 10. The Bertz CT molecular complexity index is 3380. The highest BCUT2D eigenvalue weighted by atomic mass is 31.2. The first-order valence-electron chi connectivity index (χ1n) is 29.7. The highest BCUT2D eigenvalue weighted by Crippen LogP contribution is 2.50. The van der Waals surface area contributed by atoms with Crippen LogP contribution in [0.4, 0.5) is 0 Å². The number of para-hydroxylation sites is 2. The van der Waals surface area contributed by atoms with E-state index in [9.17, 15) is 0 Å². The molecule has 14 nitrogen and oxygen atoms in total. The van der Waals surface area contributed by atoms with Gasteiger partial charge in [0.05, 0.1) is 59.5 Å². The van der Waals surface area contributed by atoms with Crippen molar-refractivity contribution >= 4 is 7.82 Å². The third-order valence-electron chi connectivity index (χ3n) is 14.9. The van der Waals surface area contributed by atoms with Crippen molar-refractivity contribution in [3.8, 4) is 11.5 Å². The number of rotatable bonds is 31. The molecule has 88 heavy (non-hydrogen) atoms. The summed E-state index contributed by atoms with van der Waals surface area (Å²) in [6.45, 7) is 0.888. The maximum Gasteiger partial charge on any atom is 0.587 e. The molecular formula is C73H73O14P. The lowest BCUT2D eigenvalue weighted by Gasteiger charge is -2.49. The highest BCUT2D eigenvalue weighted by Gasteiger charge is 2.55. The number of phosphoric ester groups is 1. The molecule has 11 rings (SSSR count). The molecule has 0 N–H and O–H groups in total. The van der Waals surface area contributed by atoms with E-state index in [-0.39, 0.29) is 57.7 Å². The average molecular weight is 1210 g/mol. The Labute approximate surface area is 515 Å². The van der Waals surface area contributed by atoms with Crippen LogP contribution in [0.15, 0.2) is 273 Å². The number of phosphoric acid groups is 1. The van der Waals surface area contributed by atoms with E-state index in [0.29, 0.717) is 6.61 Å². The Kier molecular flexibility index (Phi) is 22.9. The van der Waals surface area contributed by atoms with Crippen molar-refractivity contribution < 1.29 is 65.5 Å². The molecule has 2 saturated heterocycles. The van der Waals surface area contributed by atoms with Crippen molar-refractivity contribution in [2.45, 2.75) is 108 Å². The first-order valence-corrected chi connectivity index (χ1v) is 31.2. The maximum absolute atomic E-state index is 15.3. The van der Waals surface area contributed by atoms with Gasteiger partial charge in [-0.2, -0.15) is 0 Å². The molecule has 0 radical (unpaired) electrons. The summed E-state index contributed by atoms with van der Waals surface area (Å²) in [5.74, 6) is 0.521. The molecule has 10 atom stereocenters. The zero-order valence-corrected chi connectivity index (χ0v) is 49.7. The minimum atomic E-state index is -4.54. The van der Waals surface area contributed by atoms with Crippen LogP contribution in [0.2, 0.25) is 0 Å².